The second-order valence-electron chi connectivity index (χ2n) is 6.05. The molecule has 3 aromatic rings. The fourth-order valence-electron chi connectivity index (χ4n) is 2.55. The topological polar surface area (TPSA) is 51.8 Å². The van der Waals surface area contributed by atoms with E-state index in [0.717, 1.165) is 15.0 Å². The Morgan fingerprint density at radius 1 is 1.22 bits per heavy atom. The maximum absolute atomic E-state index is 5.53. The Kier molecular flexibility index (Phi) is 4.38. The largest absolute Gasteiger partial charge is 0.333 e. The number of rotatable bonds is 4. The summed E-state index contributed by atoms with van der Waals surface area (Å²) in [7, 11) is 0. The fraction of sp³-hybridized carbons (Fsp3) is 0.353. The van der Waals surface area contributed by atoms with E-state index < -0.39 is 0 Å². The van der Waals surface area contributed by atoms with Gasteiger partial charge in [0.05, 0.1) is 16.6 Å². The molecule has 23 heavy (non-hydrogen) atoms. The number of benzene rings is 1. The molecular formula is C17H18BrN3OS. The average Bonchev–Trinajstić information content (AvgIpc) is 3.15. The monoisotopic (exact) mass is 391 g/mol. The van der Waals surface area contributed by atoms with E-state index in [2.05, 4.69) is 64.0 Å². The minimum atomic E-state index is -0.318. The summed E-state index contributed by atoms with van der Waals surface area (Å²) in [6, 6.07) is 8.31. The van der Waals surface area contributed by atoms with Gasteiger partial charge >= 0.3 is 0 Å². The van der Waals surface area contributed by atoms with E-state index in [1.54, 1.807) is 5.51 Å². The summed E-state index contributed by atoms with van der Waals surface area (Å²) < 4.78 is 6.59. The summed E-state index contributed by atoms with van der Waals surface area (Å²) in [5.41, 5.74) is 3.57. The van der Waals surface area contributed by atoms with E-state index in [1.807, 2.05) is 19.1 Å². The molecule has 0 saturated carbocycles. The highest BCUT2D eigenvalue weighted by atomic mass is 79.9. The lowest BCUT2D eigenvalue weighted by molar-refractivity contribution is 0.351. The number of aryl methyl sites for hydroxylation is 1. The summed E-state index contributed by atoms with van der Waals surface area (Å²) in [6.45, 7) is 8.47. The summed E-state index contributed by atoms with van der Waals surface area (Å²) in [4.78, 5) is 9.88. The Morgan fingerprint density at radius 2 is 1.91 bits per heavy atom. The van der Waals surface area contributed by atoms with E-state index in [1.165, 1.54) is 16.9 Å². The summed E-state index contributed by atoms with van der Waals surface area (Å²) in [6.07, 6.45) is 0. The van der Waals surface area contributed by atoms with Crippen LogP contribution in [0.5, 0.6) is 0 Å². The van der Waals surface area contributed by atoms with Crippen LogP contribution in [0.25, 0.3) is 10.8 Å². The van der Waals surface area contributed by atoms with Crippen molar-refractivity contribution in [1.82, 2.24) is 15.1 Å². The van der Waals surface area contributed by atoms with Crippen LogP contribution in [0.2, 0.25) is 0 Å². The quantitative estimate of drug-likeness (QED) is 0.610. The third kappa shape index (κ3) is 2.85. The molecule has 0 bridgehead atoms. The van der Waals surface area contributed by atoms with Crippen LogP contribution in [0.15, 0.2) is 38.8 Å². The molecule has 1 atom stereocenters. The Hall–Kier alpha value is -1.53. The lowest BCUT2D eigenvalue weighted by atomic mass is 9.73. The van der Waals surface area contributed by atoms with E-state index in [4.69, 9.17) is 4.52 Å². The zero-order valence-corrected chi connectivity index (χ0v) is 15.9. The zero-order chi connectivity index (χ0) is 16.6. The molecule has 0 spiro atoms. The lowest BCUT2D eigenvalue weighted by Gasteiger charge is -2.31. The molecule has 2 aromatic heterocycles. The zero-order valence-electron chi connectivity index (χ0n) is 13.5. The van der Waals surface area contributed by atoms with Crippen molar-refractivity contribution in [3.63, 3.8) is 0 Å². The SMILES string of the molecule is Cc1ncsc1-c1nc(C(C)(c2ccc(Br)cc2)C(C)C)no1. The molecule has 0 amide bonds. The highest BCUT2D eigenvalue weighted by Gasteiger charge is 2.37. The molecule has 0 aliphatic carbocycles. The van der Waals surface area contributed by atoms with Crippen LogP contribution in [0.1, 0.15) is 37.9 Å². The minimum absolute atomic E-state index is 0.316. The molecule has 0 fully saturated rings. The van der Waals surface area contributed by atoms with Gasteiger partial charge in [0.25, 0.3) is 5.89 Å². The van der Waals surface area contributed by atoms with Crippen LogP contribution in [0.4, 0.5) is 0 Å². The van der Waals surface area contributed by atoms with Crippen LogP contribution in [-0.4, -0.2) is 15.1 Å². The maximum atomic E-state index is 5.53. The number of hydrogen-bond acceptors (Lipinski definition) is 5. The maximum Gasteiger partial charge on any atom is 0.269 e. The number of hydrogen-bond donors (Lipinski definition) is 0. The van der Waals surface area contributed by atoms with Gasteiger partial charge < -0.3 is 4.52 Å². The number of thiazole rings is 1. The van der Waals surface area contributed by atoms with Gasteiger partial charge in [0, 0.05) is 4.47 Å². The fourth-order valence-corrected chi connectivity index (χ4v) is 3.54. The van der Waals surface area contributed by atoms with E-state index >= 15 is 0 Å². The lowest BCUT2D eigenvalue weighted by Crippen LogP contribution is -2.31. The smallest absolute Gasteiger partial charge is 0.269 e. The molecule has 1 aromatic carbocycles. The normalized spacial score (nSPS) is 14.2. The second kappa shape index (κ2) is 6.17. The molecule has 4 nitrogen and oxygen atoms in total. The molecular weight excluding hydrogens is 374 g/mol. The van der Waals surface area contributed by atoms with Crippen molar-refractivity contribution in [3.8, 4) is 10.8 Å². The van der Waals surface area contributed by atoms with Gasteiger partial charge in [-0.1, -0.05) is 47.1 Å². The van der Waals surface area contributed by atoms with E-state index in [-0.39, 0.29) is 5.41 Å². The number of aromatic nitrogens is 3. The summed E-state index contributed by atoms with van der Waals surface area (Å²) >= 11 is 5.01. The van der Waals surface area contributed by atoms with Crippen molar-refractivity contribution in [1.29, 1.82) is 0 Å². The molecule has 6 heteroatoms. The van der Waals surface area contributed by atoms with Crippen molar-refractivity contribution in [2.24, 2.45) is 5.92 Å². The molecule has 1 unspecified atom stereocenters. The molecule has 120 valence electrons. The molecule has 0 aliphatic rings. The second-order valence-corrected chi connectivity index (χ2v) is 7.82. The Balaban J connectivity index is 2.07. The van der Waals surface area contributed by atoms with Gasteiger partial charge in [0.1, 0.15) is 4.88 Å². The first-order valence-corrected chi connectivity index (χ1v) is 9.11. The third-order valence-corrected chi connectivity index (χ3v) is 5.87. The van der Waals surface area contributed by atoms with Crippen molar-refractivity contribution < 1.29 is 4.52 Å². The van der Waals surface area contributed by atoms with Gasteiger partial charge in [-0.15, -0.1) is 11.3 Å². The van der Waals surface area contributed by atoms with E-state index in [0.29, 0.717) is 17.6 Å². The van der Waals surface area contributed by atoms with Gasteiger partial charge in [-0.3, -0.25) is 0 Å². The van der Waals surface area contributed by atoms with Crippen LogP contribution < -0.4 is 0 Å². The molecule has 0 radical (unpaired) electrons. The summed E-state index contributed by atoms with van der Waals surface area (Å²) in [5, 5.41) is 4.29. The standard InChI is InChI=1S/C17H18BrN3OS/c1-10(2)17(4,12-5-7-13(18)8-6-12)16-20-15(22-21-16)14-11(3)19-9-23-14/h5-10H,1-4H3. The Labute approximate surface area is 148 Å². The van der Waals surface area contributed by atoms with E-state index in [9.17, 15) is 0 Å². The molecule has 3 rings (SSSR count). The Bertz CT molecular complexity index is 809. The molecule has 2 heterocycles. The molecule has 0 saturated heterocycles. The van der Waals surface area contributed by atoms with Crippen molar-refractivity contribution in [3.05, 3.63) is 51.3 Å². The van der Waals surface area contributed by atoms with Crippen molar-refractivity contribution in [2.45, 2.75) is 33.1 Å². The molecule has 0 N–H and O–H groups in total. The van der Waals surface area contributed by atoms with Gasteiger partial charge in [0.15, 0.2) is 5.82 Å². The average molecular weight is 392 g/mol. The minimum Gasteiger partial charge on any atom is -0.333 e. The highest BCUT2D eigenvalue weighted by Crippen LogP contribution is 2.39. The van der Waals surface area contributed by atoms with Gasteiger partial charge in [-0.25, -0.2) is 4.98 Å². The van der Waals surface area contributed by atoms with Gasteiger partial charge in [-0.2, -0.15) is 4.98 Å². The van der Waals surface area contributed by atoms with Crippen LogP contribution in [-0.2, 0) is 5.41 Å². The van der Waals surface area contributed by atoms with Crippen molar-refractivity contribution in [2.75, 3.05) is 0 Å². The first-order chi connectivity index (χ1) is 10.9. The van der Waals surface area contributed by atoms with Crippen LogP contribution in [0, 0.1) is 12.8 Å². The van der Waals surface area contributed by atoms with Crippen LogP contribution >= 0.6 is 27.3 Å². The molecule has 0 aliphatic heterocycles. The first-order valence-electron chi connectivity index (χ1n) is 7.43. The number of halogens is 1. The Morgan fingerprint density at radius 3 is 2.48 bits per heavy atom. The van der Waals surface area contributed by atoms with Gasteiger partial charge in [-0.05, 0) is 37.5 Å². The predicted molar refractivity (Wildman–Crippen MR) is 95.6 cm³/mol. The summed E-state index contributed by atoms with van der Waals surface area (Å²) in [5.74, 6) is 1.57. The number of nitrogens with zero attached hydrogens (tertiary/aromatic N) is 3. The van der Waals surface area contributed by atoms with Crippen molar-refractivity contribution >= 4 is 27.3 Å². The van der Waals surface area contributed by atoms with Gasteiger partial charge in [0.2, 0.25) is 0 Å². The van der Waals surface area contributed by atoms with Crippen LogP contribution in [0.3, 0.4) is 0 Å². The highest BCUT2D eigenvalue weighted by molar-refractivity contribution is 9.10. The third-order valence-electron chi connectivity index (χ3n) is 4.43. The first kappa shape index (κ1) is 16.3. The predicted octanol–water partition coefficient (Wildman–Crippen LogP) is 5.23.